The molecule has 1 heterocycles. The molecule has 0 saturated heterocycles. The van der Waals surface area contributed by atoms with Crippen LogP contribution in [0.1, 0.15) is 10.5 Å². The van der Waals surface area contributed by atoms with Crippen molar-refractivity contribution in [1.82, 2.24) is 4.98 Å². The number of hydrogen-bond acceptors (Lipinski definition) is 2. The molecule has 3 nitrogen and oxygen atoms in total. The molecule has 0 saturated carbocycles. The van der Waals surface area contributed by atoms with Gasteiger partial charge in [0.1, 0.15) is 11.6 Å². The lowest BCUT2D eigenvalue weighted by Gasteiger charge is -2.09. The maximum Gasteiger partial charge on any atom is 0.355 e. The van der Waals surface area contributed by atoms with Gasteiger partial charge in [-0.15, -0.1) is 0 Å². The third-order valence-corrected chi connectivity index (χ3v) is 3.38. The van der Waals surface area contributed by atoms with Gasteiger partial charge in [-0.1, -0.05) is 24.3 Å². The number of benzene rings is 2. The topological polar surface area (TPSA) is 50.2 Å². The first-order chi connectivity index (χ1) is 11.0. The Balaban J connectivity index is 2.20. The molecule has 3 rings (SSSR count). The van der Waals surface area contributed by atoms with Crippen molar-refractivity contribution in [3.8, 4) is 22.3 Å². The van der Waals surface area contributed by atoms with Crippen molar-refractivity contribution < 1.29 is 18.7 Å². The first-order valence-corrected chi connectivity index (χ1v) is 6.80. The van der Waals surface area contributed by atoms with Crippen LogP contribution in [0.5, 0.6) is 0 Å². The SMILES string of the molecule is O=C(O)c1ncc(-c2cccc(F)c2)cc1-c1cccc(F)c1. The monoisotopic (exact) mass is 311 g/mol. The molecule has 23 heavy (non-hydrogen) atoms. The highest BCUT2D eigenvalue weighted by molar-refractivity contribution is 5.95. The number of aromatic nitrogens is 1. The Kier molecular flexibility index (Phi) is 3.85. The Labute approximate surface area is 130 Å². The van der Waals surface area contributed by atoms with E-state index < -0.39 is 17.6 Å². The van der Waals surface area contributed by atoms with Crippen LogP contribution in [0.25, 0.3) is 22.3 Å². The van der Waals surface area contributed by atoms with Gasteiger partial charge in [0.25, 0.3) is 0 Å². The first-order valence-electron chi connectivity index (χ1n) is 6.80. The molecule has 1 N–H and O–H groups in total. The highest BCUT2D eigenvalue weighted by Crippen LogP contribution is 2.29. The highest BCUT2D eigenvalue weighted by Gasteiger charge is 2.15. The molecule has 0 aliphatic rings. The lowest BCUT2D eigenvalue weighted by molar-refractivity contribution is 0.0691. The molecule has 3 aromatic rings. The summed E-state index contributed by atoms with van der Waals surface area (Å²) in [6, 6.07) is 13.1. The minimum atomic E-state index is -1.21. The quantitative estimate of drug-likeness (QED) is 0.780. The standard InChI is InChI=1S/C18H11F2NO2/c19-14-5-1-3-11(7-14)13-9-16(17(18(22)23)21-10-13)12-4-2-6-15(20)8-12/h1-10H,(H,22,23). The second-order valence-electron chi connectivity index (χ2n) is 4.95. The number of pyridine rings is 1. The van der Waals surface area contributed by atoms with Crippen LogP contribution in [-0.2, 0) is 0 Å². The van der Waals surface area contributed by atoms with Crippen molar-refractivity contribution in [2.24, 2.45) is 0 Å². The van der Waals surface area contributed by atoms with Gasteiger partial charge < -0.3 is 5.11 Å². The van der Waals surface area contributed by atoms with Crippen LogP contribution in [0.3, 0.4) is 0 Å². The lowest BCUT2D eigenvalue weighted by atomic mass is 9.99. The van der Waals surface area contributed by atoms with E-state index in [1.54, 1.807) is 24.3 Å². The molecule has 5 heteroatoms. The van der Waals surface area contributed by atoms with Gasteiger partial charge in [-0.05, 0) is 41.5 Å². The van der Waals surface area contributed by atoms with Crippen LogP contribution in [-0.4, -0.2) is 16.1 Å². The third-order valence-electron chi connectivity index (χ3n) is 3.38. The van der Waals surface area contributed by atoms with Gasteiger partial charge in [-0.25, -0.2) is 18.6 Å². The van der Waals surface area contributed by atoms with Gasteiger partial charge in [-0.3, -0.25) is 0 Å². The van der Waals surface area contributed by atoms with E-state index in [4.69, 9.17) is 0 Å². The second-order valence-corrected chi connectivity index (χ2v) is 4.95. The fourth-order valence-corrected chi connectivity index (χ4v) is 2.34. The predicted molar refractivity (Wildman–Crippen MR) is 82.0 cm³/mol. The van der Waals surface area contributed by atoms with Crippen LogP contribution in [0.15, 0.2) is 60.8 Å². The molecule has 2 aromatic carbocycles. The smallest absolute Gasteiger partial charge is 0.355 e. The fraction of sp³-hybridized carbons (Fsp3) is 0. The van der Waals surface area contributed by atoms with Crippen LogP contribution in [0.4, 0.5) is 8.78 Å². The predicted octanol–water partition coefficient (Wildman–Crippen LogP) is 4.39. The number of halogens is 2. The van der Waals surface area contributed by atoms with E-state index in [2.05, 4.69) is 4.98 Å². The van der Waals surface area contributed by atoms with Gasteiger partial charge in [0.05, 0.1) is 0 Å². The van der Waals surface area contributed by atoms with Crippen molar-refractivity contribution in [2.45, 2.75) is 0 Å². The van der Waals surface area contributed by atoms with E-state index in [-0.39, 0.29) is 11.3 Å². The summed E-state index contributed by atoms with van der Waals surface area (Å²) in [5, 5.41) is 9.29. The van der Waals surface area contributed by atoms with E-state index in [1.165, 1.54) is 36.5 Å². The normalized spacial score (nSPS) is 10.5. The fourth-order valence-electron chi connectivity index (χ4n) is 2.34. The third kappa shape index (κ3) is 3.08. The molecule has 1 aromatic heterocycles. The molecule has 0 spiro atoms. The van der Waals surface area contributed by atoms with Crippen molar-refractivity contribution in [3.63, 3.8) is 0 Å². The number of aromatic carboxylic acids is 1. The number of rotatable bonds is 3. The Morgan fingerprint density at radius 1 is 0.870 bits per heavy atom. The Morgan fingerprint density at radius 2 is 1.48 bits per heavy atom. The summed E-state index contributed by atoms with van der Waals surface area (Å²) in [4.78, 5) is 15.3. The van der Waals surface area contributed by atoms with Crippen molar-refractivity contribution in [3.05, 3.63) is 78.1 Å². The number of carboxylic acid groups (broad SMARTS) is 1. The summed E-state index contributed by atoms with van der Waals surface area (Å²) in [5.41, 5.74) is 1.60. The molecular weight excluding hydrogens is 300 g/mol. The lowest BCUT2D eigenvalue weighted by Crippen LogP contribution is -2.03. The Hall–Kier alpha value is -3.08. The average Bonchev–Trinajstić information content (AvgIpc) is 2.54. The van der Waals surface area contributed by atoms with Gasteiger partial charge in [0.2, 0.25) is 0 Å². The van der Waals surface area contributed by atoms with Crippen LogP contribution in [0, 0.1) is 11.6 Å². The van der Waals surface area contributed by atoms with E-state index in [0.717, 1.165) is 0 Å². The molecule has 0 amide bonds. The number of carbonyl (C=O) groups is 1. The molecule has 0 unspecified atom stereocenters. The van der Waals surface area contributed by atoms with Crippen molar-refractivity contribution >= 4 is 5.97 Å². The molecule has 0 aliphatic carbocycles. The van der Waals surface area contributed by atoms with Gasteiger partial charge in [0, 0.05) is 17.3 Å². The van der Waals surface area contributed by atoms with E-state index >= 15 is 0 Å². The van der Waals surface area contributed by atoms with Gasteiger partial charge in [-0.2, -0.15) is 0 Å². The number of hydrogen-bond donors (Lipinski definition) is 1. The number of nitrogens with zero attached hydrogens (tertiary/aromatic N) is 1. The molecule has 0 atom stereocenters. The Morgan fingerprint density at radius 3 is 2.09 bits per heavy atom. The van der Waals surface area contributed by atoms with E-state index in [1.807, 2.05) is 0 Å². The molecule has 0 radical (unpaired) electrons. The maximum atomic E-state index is 13.4. The van der Waals surface area contributed by atoms with Gasteiger partial charge in [0.15, 0.2) is 5.69 Å². The van der Waals surface area contributed by atoms with Crippen LogP contribution < -0.4 is 0 Å². The second kappa shape index (κ2) is 5.96. The summed E-state index contributed by atoms with van der Waals surface area (Å²) in [6.45, 7) is 0. The first kappa shape index (κ1) is 14.8. The molecule has 0 fully saturated rings. The maximum absolute atomic E-state index is 13.4. The average molecular weight is 311 g/mol. The summed E-state index contributed by atoms with van der Waals surface area (Å²) in [7, 11) is 0. The molecule has 0 aliphatic heterocycles. The van der Waals surface area contributed by atoms with E-state index in [9.17, 15) is 18.7 Å². The zero-order valence-corrected chi connectivity index (χ0v) is 11.8. The van der Waals surface area contributed by atoms with Gasteiger partial charge >= 0.3 is 5.97 Å². The summed E-state index contributed by atoms with van der Waals surface area (Å²) in [5.74, 6) is -2.10. The molecular formula is C18H11F2NO2. The van der Waals surface area contributed by atoms with Crippen molar-refractivity contribution in [2.75, 3.05) is 0 Å². The summed E-state index contributed by atoms with van der Waals surface area (Å²) < 4.78 is 26.8. The molecule has 0 bridgehead atoms. The largest absolute Gasteiger partial charge is 0.476 e. The minimum absolute atomic E-state index is 0.184. The summed E-state index contributed by atoms with van der Waals surface area (Å²) in [6.07, 6.45) is 1.36. The minimum Gasteiger partial charge on any atom is -0.476 e. The van der Waals surface area contributed by atoms with Crippen LogP contribution in [0.2, 0.25) is 0 Å². The van der Waals surface area contributed by atoms with E-state index in [0.29, 0.717) is 16.7 Å². The van der Waals surface area contributed by atoms with Crippen molar-refractivity contribution in [1.29, 1.82) is 0 Å². The highest BCUT2D eigenvalue weighted by atomic mass is 19.1. The number of carboxylic acids is 1. The zero-order valence-electron chi connectivity index (χ0n) is 11.8. The van der Waals surface area contributed by atoms with Crippen LogP contribution >= 0.6 is 0 Å². The Bertz CT molecular complexity index is 894. The summed E-state index contributed by atoms with van der Waals surface area (Å²) >= 11 is 0. The zero-order chi connectivity index (χ0) is 16.4. The molecule has 114 valence electrons.